The summed E-state index contributed by atoms with van der Waals surface area (Å²) in [5.74, 6) is 0.702. The van der Waals surface area contributed by atoms with Gasteiger partial charge in [-0.1, -0.05) is 18.2 Å². The lowest BCUT2D eigenvalue weighted by Gasteiger charge is -2.21. The van der Waals surface area contributed by atoms with Gasteiger partial charge in [-0.25, -0.2) is 8.42 Å². The number of amides is 1. The van der Waals surface area contributed by atoms with Crippen LogP contribution in [0.1, 0.15) is 15.9 Å². The van der Waals surface area contributed by atoms with E-state index in [2.05, 4.69) is 5.32 Å². The lowest BCUT2D eigenvalue weighted by Crippen LogP contribution is -2.37. The molecule has 4 rings (SSSR count). The molecule has 2 aliphatic heterocycles. The number of benzene rings is 2. The van der Waals surface area contributed by atoms with E-state index in [-0.39, 0.29) is 12.3 Å². The predicted octanol–water partition coefficient (Wildman–Crippen LogP) is 1.59. The number of anilines is 1. The average Bonchev–Trinajstić information content (AvgIpc) is 3.18. The van der Waals surface area contributed by atoms with Gasteiger partial charge in [0.25, 0.3) is 5.91 Å². The van der Waals surface area contributed by atoms with Gasteiger partial charge in [-0.3, -0.25) is 9.10 Å². The van der Waals surface area contributed by atoms with Gasteiger partial charge in [0.1, 0.15) is 13.2 Å². The number of para-hydroxylation sites is 1. The molecule has 1 N–H and O–H groups in total. The molecule has 0 fully saturated rings. The fraction of sp³-hybridized carbons (Fsp3) is 0.350. The van der Waals surface area contributed by atoms with Gasteiger partial charge in [0.15, 0.2) is 11.5 Å². The second kappa shape index (κ2) is 7.82. The molecule has 2 aliphatic rings. The van der Waals surface area contributed by atoms with Crippen molar-refractivity contribution in [3.63, 3.8) is 0 Å². The zero-order valence-corrected chi connectivity index (χ0v) is 16.8. The summed E-state index contributed by atoms with van der Waals surface area (Å²) in [6.45, 7) is 1.22. The van der Waals surface area contributed by atoms with Crippen molar-refractivity contribution in [2.75, 3.05) is 43.5 Å². The molecule has 0 atom stereocenters. The summed E-state index contributed by atoms with van der Waals surface area (Å²) in [7, 11) is -2.05. The monoisotopic (exact) mass is 418 g/mol. The maximum atomic E-state index is 12.7. The highest BCUT2D eigenvalue weighted by Crippen LogP contribution is 2.40. The lowest BCUT2D eigenvalue weighted by molar-refractivity contribution is 0.0954. The Morgan fingerprint density at radius 1 is 1.21 bits per heavy atom. The second-order valence-electron chi connectivity index (χ2n) is 6.73. The molecule has 0 bridgehead atoms. The molecule has 29 heavy (non-hydrogen) atoms. The smallest absolute Gasteiger partial charge is 0.251 e. The highest BCUT2D eigenvalue weighted by molar-refractivity contribution is 7.92. The highest BCUT2D eigenvalue weighted by atomic mass is 32.2. The number of hydrogen-bond donors (Lipinski definition) is 1. The third kappa shape index (κ3) is 3.82. The number of fused-ring (bicyclic) bond motifs is 2. The van der Waals surface area contributed by atoms with Crippen molar-refractivity contribution in [3.05, 3.63) is 47.5 Å². The normalized spacial score (nSPS) is 15.0. The van der Waals surface area contributed by atoms with E-state index in [0.717, 1.165) is 11.3 Å². The van der Waals surface area contributed by atoms with Crippen LogP contribution in [0.5, 0.6) is 17.2 Å². The Morgan fingerprint density at radius 3 is 2.83 bits per heavy atom. The maximum Gasteiger partial charge on any atom is 0.251 e. The summed E-state index contributed by atoms with van der Waals surface area (Å²) in [6.07, 6.45) is 0.693. The standard InChI is InChI=1S/C20H22N2O6S/c1-26-17-12-15(13-18-19(17)28-10-9-27-18)20(23)21-7-11-29(24,25)22-8-6-14-4-2-3-5-16(14)22/h2-5,12-13H,6-11H2,1H3,(H,21,23). The summed E-state index contributed by atoms with van der Waals surface area (Å²) in [6, 6.07) is 10.6. The molecule has 1 amide bonds. The number of sulfonamides is 1. The molecule has 0 aromatic heterocycles. The Labute approximate surface area is 169 Å². The SMILES string of the molecule is COc1cc(C(=O)NCCS(=O)(=O)N2CCc3ccccc32)cc2c1OCCO2. The summed E-state index contributed by atoms with van der Waals surface area (Å²) < 4.78 is 43.2. The van der Waals surface area contributed by atoms with Crippen LogP contribution in [0.25, 0.3) is 0 Å². The van der Waals surface area contributed by atoms with Crippen molar-refractivity contribution >= 4 is 21.6 Å². The first-order chi connectivity index (χ1) is 14.0. The molecule has 2 aromatic carbocycles. The van der Waals surface area contributed by atoms with Crippen LogP contribution >= 0.6 is 0 Å². The fourth-order valence-corrected chi connectivity index (χ4v) is 4.93. The first-order valence-corrected chi connectivity index (χ1v) is 10.9. The number of methoxy groups -OCH3 is 1. The van der Waals surface area contributed by atoms with Crippen LogP contribution in [0.15, 0.2) is 36.4 Å². The van der Waals surface area contributed by atoms with Crippen molar-refractivity contribution in [3.8, 4) is 17.2 Å². The number of hydrogen-bond acceptors (Lipinski definition) is 6. The molecule has 154 valence electrons. The fourth-order valence-electron chi connectivity index (χ4n) is 3.51. The Kier molecular flexibility index (Phi) is 5.23. The molecule has 0 radical (unpaired) electrons. The second-order valence-corrected chi connectivity index (χ2v) is 8.74. The third-order valence-electron chi connectivity index (χ3n) is 4.92. The number of carbonyl (C=O) groups is 1. The van der Waals surface area contributed by atoms with Gasteiger partial charge in [0.2, 0.25) is 15.8 Å². The van der Waals surface area contributed by atoms with Gasteiger partial charge in [-0.15, -0.1) is 0 Å². The largest absolute Gasteiger partial charge is 0.493 e. The van der Waals surface area contributed by atoms with Gasteiger partial charge in [-0.05, 0) is 30.2 Å². The van der Waals surface area contributed by atoms with Crippen molar-refractivity contribution in [1.29, 1.82) is 0 Å². The van der Waals surface area contributed by atoms with Crippen LogP contribution < -0.4 is 23.8 Å². The van der Waals surface area contributed by atoms with Crippen molar-refractivity contribution in [2.24, 2.45) is 0 Å². The average molecular weight is 418 g/mol. The third-order valence-corrected chi connectivity index (χ3v) is 6.69. The van der Waals surface area contributed by atoms with E-state index in [4.69, 9.17) is 14.2 Å². The van der Waals surface area contributed by atoms with Crippen LogP contribution in [0.3, 0.4) is 0 Å². The van der Waals surface area contributed by atoms with E-state index in [1.54, 1.807) is 18.2 Å². The summed E-state index contributed by atoms with van der Waals surface area (Å²) in [5.41, 5.74) is 2.05. The number of nitrogens with zero attached hydrogens (tertiary/aromatic N) is 1. The number of carbonyl (C=O) groups excluding carboxylic acids is 1. The molecule has 0 aliphatic carbocycles. The Hall–Kier alpha value is -2.94. The molecule has 0 saturated carbocycles. The molecule has 0 unspecified atom stereocenters. The van der Waals surface area contributed by atoms with Crippen molar-refractivity contribution in [1.82, 2.24) is 5.32 Å². The predicted molar refractivity (Wildman–Crippen MR) is 108 cm³/mol. The Balaban J connectivity index is 1.42. The van der Waals surface area contributed by atoms with Crippen LogP contribution in [0, 0.1) is 0 Å². The zero-order chi connectivity index (χ0) is 20.4. The molecule has 0 saturated heterocycles. The van der Waals surface area contributed by atoms with Gasteiger partial charge in [-0.2, -0.15) is 0 Å². The van der Waals surface area contributed by atoms with E-state index in [1.807, 2.05) is 18.2 Å². The quantitative estimate of drug-likeness (QED) is 0.766. The molecule has 8 nitrogen and oxygen atoms in total. The number of nitrogens with one attached hydrogen (secondary N) is 1. The van der Waals surface area contributed by atoms with Crippen LogP contribution in [0.2, 0.25) is 0 Å². The first-order valence-electron chi connectivity index (χ1n) is 9.34. The molecular formula is C20H22N2O6S. The number of ether oxygens (including phenoxy) is 3. The van der Waals surface area contributed by atoms with E-state index < -0.39 is 15.9 Å². The first kappa shape index (κ1) is 19.4. The minimum atomic E-state index is -3.53. The van der Waals surface area contributed by atoms with E-state index >= 15 is 0 Å². The van der Waals surface area contributed by atoms with Crippen molar-refractivity contribution < 1.29 is 27.4 Å². The van der Waals surface area contributed by atoms with Gasteiger partial charge in [0.05, 0.1) is 18.6 Å². The summed E-state index contributed by atoms with van der Waals surface area (Å²) in [4.78, 5) is 12.5. The van der Waals surface area contributed by atoms with E-state index in [0.29, 0.717) is 49.0 Å². The summed E-state index contributed by atoms with van der Waals surface area (Å²) >= 11 is 0. The van der Waals surface area contributed by atoms with Gasteiger partial charge < -0.3 is 19.5 Å². The highest BCUT2D eigenvalue weighted by Gasteiger charge is 2.29. The van der Waals surface area contributed by atoms with Gasteiger partial charge >= 0.3 is 0 Å². The minimum Gasteiger partial charge on any atom is -0.493 e. The van der Waals surface area contributed by atoms with Crippen LogP contribution in [-0.2, 0) is 16.4 Å². The van der Waals surface area contributed by atoms with Crippen LogP contribution in [-0.4, -0.2) is 53.5 Å². The Bertz CT molecular complexity index is 1020. The molecular weight excluding hydrogens is 396 g/mol. The maximum absolute atomic E-state index is 12.7. The molecule has 9 heteroatoms. The van der Waals surface area contributed by atoms with Gasteiger partial charge in [0, 0.05) is 18.7 Å². The molecule has 2 heterocycles. The van der Waals surface area contributed by atoms with E-state index in [1.165, 1.54) is 11.4 Å². The number of rotatable bonds is 6. The lowest BCUT2D eigenvalue weighted by atomic mass is 10.1. The van der Waals surface area contributed by atoms with Crippen LogP contribution in [0.4, 0.5) is 5.69 Å². The zero-order valence-electron chi connectivity index (χ0n) is 16.0. The van der Waals surface area contributed by atoms with E-state index in [9.17, 15) is 13.2 Å². The topological polar surface area (TPSA) is 94.2 Å². The molecule has 2 aromatic rings. The summed E-state index contributed by atoms with van der Waals surface area (Å²) in [5, 5.41) is 2.66. The molecule has 0 spiro atoms. The minimum absolute atomic E-state index is 0.00338. The Morgan fingerprint density at radius 2 is 2.00 bits per heavy atom. The van der Waals surface area contributed by atoms with Crippen molar-refractivity contribution in [2.45, 2.75) is 6.42 Å².